The minimum absolute atomic E-state index is 0.0208. The SMILES string of the molecule is CC(C)(N)C(=O)N[C@@H](Cc1cnc[nH]1)C(=O)N[C@H](Cc1ccc2ccccc2c1)C(=O)N[C@H](Cc1ccccc1)C(=O)N[C@@H](CCCCN)C(=O)N[C@@H](CCCCN)C(=O)N[C@@H](CCCCN)C(=O)N[C@@H](CCCCN)C(=O)N[C@@H](CCCCN)C(=O)N[C@@H](CCCCN)C(=O)N[C@@H](CCCCN)C(N)=O. The molecule has 0 fully saturated rings. The molecular formula is C74H121N21O11. The first-order valence-corrected chi connectivity index (χ1v) is 37.4. The van der Waals surface area contributed by atoms with E-state index in [0.717, 1.165) is 10.8 Å². The van der Waals surface area contributed by atoms with E-state index >= 15 is 9.59 Å². The number of carbonyl (C=O) groups excluding carboxylic acids is 11. The van der Waals surface area contributed by atoms with E-state index < -0.39 is 131 Å². The maximum absolute atomic E-state index is 15.1. The molecule has 1 heterocycles. The Balaban J connectivity index is 1.68. The van der Waals surface area contributed by atoms with Gasteiger partial charge < -0.3 is 110 Å². The van der Waals surface area contributed by atoms with E-state index in [1.807, 2.05) is 42.5 Å². The molecule has 0 aliphatic rings. The van der Waals surface area contributed by atoms with Crippen LogP contribution in [0.15, 0.2) is 85.3 Å². The summed E-state index contributed by atoms with van der Waals surface area (Å²) in [6.45, 7) is 4.89. The molecule has 29 N–H and O–H groups in total. The largest absolute Gasteiger partial charge is 0.368 e. The molecule has 4 rings (SSSR count). The Morgan fingerprint density at radius 2 is 0.642 bits per heavy atom. The molecule has 1 aromatic heterocycles. The number of carbonyl (C=O) groups is 11. The van der Waals surface area contributed by atoms with Gasteiger partial charge >= 0.3 is 0 Å². The summed E-state index contributed by atoms with van der Waals surface area (Å²) < 4.78 is 0. The highest BCUT2D eigenvalue weighted by Crippen LogP contribution is 2.19. The zero-order valence-corrected chi connectivity index (χ0v) is 61.9. The summed E-state index contributed by atoms with van der Waals surface area (Å²) in [4.78, 5) is 165. The van der Waals surface area contributed by atoms with Crippen LogP contribution in [0.1, 0.15) is 166 Å². The monoisotopic (exact) mass is 1480 g/mol. The molecule has 0 saturated heterocycles. The molecule has 0 saturated carbocycles. The van der Waals surface area contributed by atoms with Crippen molar-refractivity contribution in [3.63, 3.8) is 0 Å². The van der Waals surface area contributed by atoms with Crippen molar-refractivity contribution < 1.29 is 52.7 Å². The van der Waals surface area contributed by atoms with Gasteiger partial charge in [-0.3, -0.25) is 52.7 Å². The predicted octanol–water partition coefficient (Wildman–Crippen LogP) is -1.44. The first kappa shape index (κ1) is 89.4. The van der Waals surface area contributed by atoms with Crippen LogP contribution in [0.5, 0.6) is 0 Å². The van der Waals surface area contributed by atoms with Crippen LogP contribution in [0.3, 0.4) is 0 Å². The number of fused-ring (bicyclic) bond motifs is 1. The average Bonchev–Trinajstić information content (AvgIpc) is 0.974. The van der Waals surface area contributed by atoms with Gasteiger partial charge in [0.2, 0.25) is 65.0 Å². The Morgan fingerprint density at radius 1 is 0.349 bits per heavy atom. The molecule has 0 spiro atoms. The fourth-order valence-electron chi connectivity index (χ4n) is 11.8. The number of rotatable bonds is 55. The topological polar surface area (TPSA) is 571 Å². The Hall–Kier alpha value is -9.02. The van der Waals surface area contributed by atoms with Crippen molar-refractivity contribution in [1.82, 2.24) is 63.1 Å². The van der Waals surface area contributed by atoms with Crippen molar-refractivity contribution in [3.8, 4) is 0 Å². The third-order valence-corrected chi connectivity index (χ3v) is 18.1. The van der Waals surface area contributed by atoms with Crippen molar-refractivity contribution >= 4 is 75.8 Å². The molecule has 0 aliphatic heterocycles. The smallest absolute Gasteiger partial charge is 0.243 e. The number of hydrogen-bond donors (Lipinski definition) is 20. The standard InChI is InChI=1S/C74H121N21O11/c1-74(2,83)73(106)95-62(45-52-46-84-47-85-52)72(105)94-61(44-49-33-34-50-24-6-7-25-51(50)42-49)71(104)93-60(43-48-22-4-3-5-23-48)70(103)92-59(32-14-21-41-81)69(102)91-58(31-13-20-40-80)68(101)90-57(30-12-19-39-79)67(100)89-56(29-11-18-38-78)66(99)88-55(28-10-17-37-77)65(98)87-54(27-9-16-36-76)64(97)86-53(63(82)96)26-8-15-35-75/h3-7,22-25,33-34,42,46-47,53-62H,8-21,26-32,35-41,43-45,75-81,83H2,1-2H3,(H2,82,96)(H,84,85)(H,86,97)(H,87,98)(H,88,99)(H,89,100)(H,90,101)(H,91,102)(H,92,103)(H,93,104)(H,94,105)(H,95,106)/t53-,54-,55-,56-,57-,58-,59-,60+,61+,62-/m0/s1. The zero-order chi connectivity index (χ0) is 77.8. The lowest BCUT2D eigenvalue weighted by Crippen LogP contribution is -2.61. The predicted molar refractivity (Wildman–Crippen MR) is 407 cm³/mol. The summed E-state index contributed by atoms with van der Waals surface area (Å²) >= 11 is 0. The summed E-state index contributed by atoms with van der Waals surface area (Å²) in [7, 11) is 0. The van der Waals surface area contributed by atoms with Crippen LogP contribution >= 0.6 is 0 Å². The van der Waals surface area contributed by atoms with E-state index in [0.29, 0.717) is 120 Å². The Morgan fingerprint density at radius 3 is 0.962 bits per heavy atom. The Labute approximate surface area is 622 Å². The highest BCUT2D eigenvalue weighted by atomic mass is 16.2. The highest BCUT2D eigenvalue weighted by Gasteiger charge is 2.37. The zero-order valence-electron chi connectivity index (χ0n) is 61.9. The van der Waals surface area contributed by atoms with E-state index in [1.54, 1.807) is 30.3 Å². The second-order valence-corrected chi connectivity index (χ2v) is 27.5. The number of aromatic nitrogens is 2. The van der Waals surface area contributed by atoms with Gasteiger partial charge in [0.1, 0.15) is 60.4 Å². The van der Waals surface area contributed by atoms with E-state index in [2.05, 4.69) is 63.1 Å². The van der Waals surface area contributed by atoms with Crippen molar-refractivity contribution in [2.24, 2.45) is 51.6 Å². The first-order valence-electron chi connectivity index (χ1n) is 37.4. The summed E-state index contributed by atoms with van der Waals surface area (Å²) in [6.07, 6.45) is 9.25. The van der Waals surface area contributed by atoms with Crippen molar-refractivity contribution in [2.75, 3.05) is 45.8 Å². The number of nitrogens with zero attached hydrogens (tertiary/aromatic N) is 1. The molecule has 106 heavy (non-hydrogen) atoms. The highest BCUT2D eigenvalue weighted by molar-refractivity contribution is 5.99. The lowest BCUT2D eigenvalue weighted by molar-refractivity contribution is -0.136. The molecule has 0 bridgehead atoms. The molecule has 3 aromatic carbocycles. The molecular weight excluding hydrogens is 1360 g/mol. The van der Waals surface area contributed by atoms with Gasteiger partial charge in [0.25, 0.3) is 0 Å². The number of H-pyrrole nitrogens is 1. The summed E-state index contributed by atoms with van der Waals surface area (Å²) in [5.74, 6) is -8.18. The van der Waals surface area contributed by atoms with Gasteiger partial charge in [-0.1, -0.05) is 72.8 Å². The molecule has 0 unspecified atom stereocenters. The number of unbranched alkanes of at least 4 members (excludes halogenated alkanes) is 7. The average molecular weight is 1480 g/mol. The minimum atomic E-state index is -1.40. The van der Waals surface area contributed by atoms with Crippen LogP contribution in [0, 0.1) is 0 Å². The number of primary amides is 1. The molecule has 0 aliphatic carbocycles. The van der Waals surface area contributed by atoms with Gasteiger partial charge in [-0.2, -0.15) is 0 Å². The van der Waals surface area contributed by atoms with Crippen LogP contribution in [0.25, 0.3) is 10.8 Å². The maximum Gasteiger partial charge on any atom is 0.243 e. The fraction of sp³-hybridized carbons (Fsp3) is 0.595. The van der Waals surface area contributed by atoms with E-state index in [4.69, 9.17) is 51.6 Å². The lowest BCUT2D eigenvalue weighted by atomic mass is 9.99. The molecule has 0 radical (unpaired) electrons. The van der Waals surface area contributed by atoms with Crippen LogP contribution in [-0.2, 0) is 72.0 Å². The number of benzene rings is 3. The fourth-order valence-corrected chi connectivity index (χ4v) is 11.8. The van der Waals surface area contributed by atoms with E-state index in [-0.39, 0.29) is 96.9 Å². The number of hydrogen-bond acceptors (Lipinski definition) is 20. The van der Waals surface area contributed by atoms with Crippen LogP contribution in [0.2, 0.25) is 0 Å². The van der Waals surface area contributed by atoms with Crippen molar-refractivity contribution in [3.05, 3.63) is 102 Å². The van der Waals surface area contributed by atoms with Gasteiger partial charge in [0.05, 0.1) is 11.9 Å². The molecule has 32 heteroatoms. The van der Waals surface area contributed by atoms with Gasteiger partial charge in [-0.05, 0) is 216 Å². The number of imidazole rings is 1. The van der Waals surface area contributed by atoms with Crippen molar-refractivity contribution in [1.29, 1.82) is 0 Å². The molecule has 11 amide bonds. The second-order valence-electron chi connectivity index (χ2n) is 27.5. The van der Waals surface area contributed by atoms with E-state index in [9.17, 15) is 43.2 Å². The summed E-state index contributed by atoms with van der Waals surface area (Å²) in [5, 5.41) is 29.8. The molecule has 32 nitrogen and oxygen atoms in total. The lowest BCUT2D eigenvalue weighted by Gasteiger charge is -2.29. The maximum atomic E-state index is 15.1. The Kier molecular flexibility index (Phi) is 41.9. The number of nitrogens with one attached hydrogen (secondary N) is 11. The summed E-state index contributed by atoms with van der Waals surface area (Å²) in [5.41, 5.74) is 53.2. The molecule has 4 aromatic rings. The molecule has 588 valence electrons. The van der Waals surface area contributed by atoms with Gasteiger partial charge in [-0.25, -0.2) is 4.98 Å². The van der Waals surface area contributed by atoms with Crippen LogP contribution < -0.4 is 105 Å². The quantitative estimate of drug-likeness (QED) is 0.0225. The minimum Gasteiger partial charge on any atom is -0.368 e. The van der Waals surface area contributed by atoms with Gasteiger partial charge in [-0.15, -0.1) is 0 Å². The van der Waals surface area contributed by atoms with Gasteiger partial charge in [0, 0.05) is 31.2 Å². The number of amides is 11. The third-order valence-electron chi connectivity index (χ3n) is 18.1. The number of aromatic amines is 1. The normalized spacial score (nSPS) is 14.2. The molecule has 10 atom stereocenters. The second kappa shape index (κ2) is 49.7. The van der Waals surface area contributed by atoms with E-state index in [1.165, 1.54) is 26.4 Å². The van der Waals surface area contributed by atoms with Crippen LogP contribution in [0.4, 0.5) is 0 Å². The summed E-state index contributed by atoms with van der Waals surface area (Å²) in [6, 6.07) is 9.25. The van der Waals surface area contributed by atoms with Crippen molar-refractivity contribution in [2.45, 2.75) is 234 Å². The third kappa shape index (κ3) is 33.2. The Bertz CT molecular complexity index is 3340. The van der Waals surface area contributed by atoms with Gasteiger partial charge in [0.15, 0.2) is 0 Å². The van der Waals surface area contributed by atoms with Crippen LogP contribution in [-0.4, -0.2) is 187 Å². The number of nitrogens with two attached hydrogens (primary N) is 9. The first-order chi connectivity index (χ1) is 50.9.